The Kier molecular flexibility index (Phi) is 5.90. The first-order valence-electron chi connectivity index (χ1n) is 6.16. The number of halogens is 1. The van der Waals surface area contributed by atoms with Crippen LogP contribution < -0.4 is 0 Å². The van der Waals surface area contributed by atoms with Crippen molar-refractivity contribution in [3.05, 3.63) is 41.2 Å². The van der Waals surface area contributed by atoms with Crippen molar-refractivity contribution in [2.75, 3.05) is 13.7 Å². The number of ether oxygens (including phenoxy) is 2. The zero-order valence-corrected chi connectivity index (χ0v) is 11.7. The van der Waals surface area contributed by atoms with Crippen molar-refractivity contribution in [2.45, 2.75) is 13.8 Å². The molecule has 0 amide bonds. The molecule has 1 aromatic rings. The van der Waals surface area contributed by atoms with E-state index in [0.717, 1.165) is 0 Å². The maximum atomic E-state index is 12.8. The minimum Gasteiger partial charge on any atom is -0.465 e. The number of carbonyl (C=O) groups excluding carboxylic acids is 2. The zero-order chi connectivity index (χ0) is 15.1. The van der Waals surface area contributed by atoms with Crippen molar-refractivity contribution in [2.24, 2.45) is 5.92 Å². The molecule has 0 aromatic heterocycles. The third kappa shape index (κ3) is 4.84. The number of methoxy groups -OCH3 is 1. The summed E-state index contributed by atoms with van der Waals surface area (Å²) >= 11 is 0. The largest absolute Gasteiger partial charge is 0.465 e. The van der Waals surface area contributed by atoms with Crippen LogP contribution in [0.25, 0.3) is 6.08 Å². The summed E-state index contributed by atoms with van der Waals surface area (Å²) in [5, 5.41) is 0. The second-order valence-corrected chi connectivity index (χ2v) is 4.59. The van der Waals surface area contributed by atoms with Gasteiger partial charge >= 0.3 is 11.9 Å². The Morgan fingerprint density at radius 2 is 1.80 bits per heavy atom. The lowest BCUT2D eigenvalue weighted by Gasteiger charge is -2.09. The highest BCUT2D eigenvalue weighted by molar-refractivity contribution is 6.17. The van der Waals surface area contributed by atoms with Crippen LogP contribution in [0, 0.1) is 11.7 Å². The van der Waals surface area contributed by atoms with Crippen LogP contribution in [0.15, 0.2) is 29.8 Å². The van der Waals surface area contributed by atoms with E-state index >= 15 is 0 Å². The molecule has 0 radical (unpaired) electrons. The Morgan fingerprint density at radius 1 is 1.20 bits per heavy atom. The molecular weight excluding hydrogens is 263 g/mol. The van der Waals surface area contributed by atoms with Crippen LogP contribution in [0.5, 0.6) is 0 Å². The minimum atomic E-state index is -0.789. The van der Waals surface area contributed by atoms with Crippen LogP contribution in [0.2, 0.25) is 0 Å². The number of esters is 2. The molecule has 1 aromatic carbocycles. The normalized spacial score (nSPS) is 11.3. The zero-order valence-electron chi connectivity index (χ0n) is 11.7. The van der Waals surface area contributed by atoms with Gasteiger partial charge in [0.05, 0.1) is 13.7 Å². The maximum Gasteiger partial charge on any atom is 0.345 e. The Morgan fingerprint density at radius 3 is 2.30 bits per heavy atom. The van der Waals surface area contributed by atoms with E-state index in [-0.39, 0.29) is 18.1 Å². The fourth-order valence-electron chi connectivity index (χ4n) is 1.36. The van der Waals surface area contributed by atoms with Crippen LogP contribution in [0.4, 0.5) is 4.39 Å². The third-order valence-electron chi connectivity index (χ3n) is 2.35. The van der Waals surface area contributed by atoms with Crippen molar-refractivity contribution < 1.29 is 23.5 Å². The van der Waals surface area contributed by atoms with Crippen molar-refractivity contribution >= 4 is 18.0 Å². The van der Waals surface area contributed by atoms with Crippen LogP contribution in [0.1, 0.15) is 19.4 Å². The number of benzene rings is 1. The molecule has 0 heterocycles. The van der Waals surface area contributed by atoms with E-state index in [1.807, 2.05) is 13.8 Å². The van der Waals surface area contributed by atoms with E-state index in [9.17, 15) is 14.0 Å². The summed E-state index contributed by atoms with van der Waals surface area (Å²) in [4.78, 5) is 23.5. The van der Waals surface area contributed by atoms with Crippen molar-refractivity contribution in [3.63, 3.8) is 0 Å². The van der Waals surface area contributed by atoms with Gasteiger partial charge in [-0.3, -0.25) is 0 Å². The monoisotopic (exact) mass is 280 g/mol. The fourth-order valence-corrected chi connectivity index (χ4v) is 1.36. The average molecular weight is 280 g/mol. The summed E-state index contributed by atoms with van der Waals surface area (Å²) in [6.07, 6.45) is 1.31. The molecule has 0 aliphatic carbocycles. The predicted molar refractivity (Wildman–Crippen MR) is 72.2 cm³/mol. The van der Waals surface area contributed by atoms with Crippen molar-refractivity contribution in [3.8, 4) is 0 Å². The van der Waals surface area contributed by atoms with Gasteiger partial charge in [-0.2, -0.15) is 0 Å². The minimum absolute atomic E-state index is 0.156. The van der Waals surface area contributed by atoms with Gasteiger partial charge < -0.3 is 9.47 Å². The smallest absolute Gasteiger partial charge is 0.345 e. The number of hydrogen-bond donors (Lipinski definition) is 0. The highest BCUT2D eigenvalue weighted by Gasteiger charge is 2.21. The van der Waals surface area contributed by atoms with E-state index in [4.69, 9.17) is 4.74 Å². The second kappa shape index (κ2) is 7.43. The standard InChI is InChI=1S/C15H17FO4/c1-10(2)9-20-15(18)13(14(17)19-3)8-11-4-6-12(16)7-5-11/h4-8,10H,9H2,1-3H3/b13-8+. The second-order valence-electron chi connectivity index (χ2n) is 4.59. The molecule has 4 nitrogen and oxygen atoms in total. The van der Waals surface area contributed by atoms with E-state index in [2.05, 4.69) is 4.74 Å². The first kappa shape index (κ1) is 15.9. The van der Waals surface area contributed by atoms with E-state index in [1.54, 1.807) is 0 Å². The molecule has 0 atom stereocenters. The third-order valence-corrected chi connectivity index (χ3v) is 2.35. The fraction of sp³-hybridized carbons (Fsp3) is 0.333. The first-order chi connectivity index (χ1) is 9.43. The van der Waals surface area contributed by atoms with Gasteiger partial charge in [0.1, 0.15) is 11.4 Å². The molecule has 0 unspecified atom stereocenters. The molecule has 0 saturated heterocycles. The lowest BCUT2D eigenvalue weighted by atomic mass is 10.1. The molecule has 0 saturated carbocycles. The van der Waals surface area contributed by atoms with Crippen LogP contribution in [-0.2, 0) is 19.1 Å². The highest BCUT2D eigenvalue weighted by atomic mass is 19.1. The van der Waals surface area contributed by atoms with Crippen molar-refractivity contribution in [1.29, 1.82) is 0 Å². The average Bonchev–Trinajstić information content (AvgIpc) is 2.43. The van der Waals surface area contributed by atoms with Crippen LogP contribution in [-0.4, -0.2) is 25.7 Å². The molecule has 108 valence electrons. The number of carbonyl (C=O) groups is 2. The molecule has 20 heavy (non-hydrogen) atoms. The summed E-state index contributed by atoms with van der Waals surface area (Å²) in [6, 6.07) is 5.38. The Labute approximate surface area is 117 Å². The highest BCUT2D eigenvalue weighted by Crippen LogP contribution is 2.11. The molecule has 5 heteroatoms. The molecule has 0 N–H and O–H groups in total. The van der Waals surface area contributed by atoms with Gasteiger partial charge in [-0.05, 0) is 29.7 Å². The Balaban J connectivity index is 2.97. The molecule has 0 spiro atoms. The molecular formula is C15H17FO4. The Hall–Kier alpha value is -2.17. The number of hydrogen-bond acceptors (Lipinski definition) is 4. The van der Waals surface area contributed by atoms with Gasteiger partial charge in [0, 0.05) is 0 Å². The molecule has 0 fully saturated rings. The van der Waals surface area contributed by atoms with Crippen LogP contribution in [0.3, 0.4) is 0 Å². The van der Waals surface area contributed by atoms with E-state index < -0.39 is 17.8 Å². The predicted octanol–water partition coefficient (Wildman–Crippen LogP) is 2.58. The van der Waals surface area contributed by atoms with Crippen molar-refractivity contribution in [1.82, 2.24) is 0 Å². The Bertz CT molecular complexity index is 503. The van der Waals surface area contributed by atoms with Gasteiger partial charge in [-0.25, -0.2) is 14.0 Å². The maximum absolute atomic E-state index is 12.8. The van der Waals surface area contributed by atoms with Gasteiger partial charge in [0.25, 0.3) is 0 Å². The summed E-state index contributed by atoms with van der Waals surface area (Å²) in [6.45, 7) is 3.97. The molecule has 1 rings (SSSR count). The van der Waals surface area contributed by atoms with E-state index in [1.165, 1.54) is 37.5 Å². The summed E-state index contributed by atoms with van der Waals surface area (Å²) < 4.78 is 22.4. The van der Waals surface area contributed by atoms with Crippen LogP contribution >= 0.6 is 0 Å². The summed E-state index contributed by atoms with van der Waals surface area (Å²) in [5.74, 6) is -1.79. The topological polar surface area (TPSA) is 52.6 Å². The molecule has 0 bridgehead atoms. The van der Waals surface area contributed by atoms with E-state index in [0.29, 0.717) is 5.56 Å². The molecule has 0 aliphatic heterocycles. The summed E-state index contributed by atoms with van der Waals surface area (Å²) in [5.41, 5.74) is 0.285. The van der Waals surface area contributed by atoms with Gasteiger partial charge in [-0.1, -0.05) is 26.0 Å². The molecule has 0 aliphatic rings. The van der Waals surface area contributed by atoms with Gasteiger partial charge in [-0.15, -0.1) is 0 Å². The lowest BCUT2D eigenvalue weighted by molar-refractivity contribution is -0.146. The number of rotatable bonds is 5. The SMILES string of the molecule is COC(=O)/C(=C\c1ccc(F)cc1)C(=O)OCC(C)C. The van der Waals surface area contributed by atoms with Gasteiger partial charge in [0.15, 0.2) is 0 Å². The quantitative estimate of drug-likeness (QED) is 0.360. The first-order valence-corrected chi connectivity index (χ1v) is 6.16. The summed E-state index contributed by atoms with van der Waals surface area (Å²) in [7, 11) is 1.18. The lowest BCUT2D eigenvalue weighted by Crippen LogP contribution is -2.19. The van der Waals surface area contributed by atoms with Gasteiger partial charge in [0.2, 0.25) is 0 Å².